The van der Waals surface area contributed by atoms with Gasteiger partial charge in [0.1, 0.15) is 0 Å². The number of hydrogen-bond donors (Lipinski definition) is 2. The standard InChI is InChI=1S/C15H11Cl2IN2OS/c16-10-1-6-13(17)9(7-10)8-19-15(22)14(21)20-12-4-2-11(18)3-5-12/h1-7H,8H2,(H,19,22)(H,20,21). The fourth-order valence-corrected chi connectivity index (χ4v) is 2.52. The van der Waals surface area contributed by atoms with Gasteiger partial charge < -0.3 is 10.6 Å². The van der Waals surface area contributed by atoms with Gasteiger partial charge in [0.15, 0.2) is 4.99 Å². The molecule has 114 valence electrons. The molecule has 0 saturated heterocycles. The minimum Gasteiger partial charge on any atom is -0.368 e. The Balaban J connectivity index is 1.92. The van der Waals surface area contributed by atoms with E-state index in [1.54, 1.807) is 18.2 Å². The molecule has 0 bridgehead atoms. The molecule has 7 heteroatoms. The van der Waals surface area contributed by atoms with E-state index in [1.165, 1.54) is 0 Å². The van der Waals surface area contributed by atoms with Crippen LogP contribution in [0.25, 0.3) is 0 Å². The molecular formula is C15H11Cl2IN2OS. The summed E-state index contributed by atoms with van der Waals surface area (Å²) in [6.07, 6.45) is 0. The zero-order valence-electron chi connectivity index (χ0n) is 11.2. The fraction of sp³-hybridized carbons (Fsp3) is 0.0667. The molecule has 2 aromatic rings. The van der Waals surface area contributed by atoms with Crippen LogP contribution in [0.15, 0.2) is 42.5 Å². The highest BCUT2D eigenvalue weighted by atomic mass is 127. The summed E-state index contributed by atoms with van der Waals surface area (Å²) in [4.78, 5) is 12.1. The predicted molar refractivity (Wildman–Crippen MR) is 104 cm³/mol. The lowest BCUT2D eigenvalue weighted by Gasteiger charge is -2.10. The molecule has 0 saturated carbocycles. The molecule has 0 atom stereocenters. The first-order chi connectivity index (χ1) is 10.5. The van der Waals surface area contributed by atoms with Gasteiger partial charge in [0.25, 0.3) is 5.91 Å². The molecule has 0 aliphatic heterocycles. The van der Waals surface area contributed by atoms with Gasteiger partial charge in [-0.15, -0.1) is 0 Å². The number of thiocarbonyl (C=S) groups is 1. The number of rotatable bonds is 3. The summed E-state index contributed by atoms with van der Waals surface area (Å²) in [6, 6.07) is 12.6. The largest absolute Gasteiger partial charge is 0.368 e. The lowest BCUT2D eigenvalue weighted by atomic mass is 10.2. The highest BCUT2D eigenvalue weighted by molar-refractivity contribution is 14.1. The molecule has 0 unspecified atom stereocenters. The second-order valence-corrected chi connectivity index (χ2v) is 6.88. The summed E-state index contributed by atoms with van der Waals surface area (Å²) < 4.78 is 1.09. The van der Waals surface area contributed by atoms with E-state index in [9.17, 15) is 4.79 Å². The van der Waals surface area contributed by atoms with Crippen LogP contribution in [0.2, 0.25) is 10.0 Å². The first-order valence-electron chi connectivity index (χ1n) is 6.24. The first kappa shape index (κ1) is 17.5. The number of anilines is 1. The van der Waals surface area contributed by atoms with Crippen LogP contribution in [0.5, 0.6) is 0 Å². The smallest absolute Gasteiger partial charge is 0.283 e. The quantitative estimate of drug-likeness (QED) is 0.513. The van der Waals surface area contributed by atoms with Crippen molar-refractivity contribution in [2.24, 2.45) is 0 Å². The Labute approximate surface area is 157 Å². The number of carbonyl (C=O) groups excluding carboxylic acids is 1. The molecule has 2 N–H and O–H groups in total. The summed E-state index contributed by atoms with van der Waals surface area (Å²) in [7, 11) is 0. The second kappa shape index (κ2) is 8.10. The normalized spacial score (nSPS) is 10.1. The lowest BCUT2D eigenvalue weighted by Crippen LogP contribution is -2.33. The second-order valence-electron chi connectivity index (χ2n) is 4.38. The Hall–Kier alpha value is -0.890. The third-order valence-corrected chi connectivity index (χ3v) is 4.41. The van der Waals surface area contributed by atoms with Crippen molar-refractivity contribution in [2.75, 3.05) is 5.32 Å². The fourth-order valence-electron chi connectivity index (χ4n) is 1.66. The van der Waals surface area contributed by atoms with Crippen LogP contribution in [-0.4, -0.2) is 10.9 Å². The van der Waals surface area contributed by atoms with Gasteiger partial charge in [-0.05, 0) is 70.6 Å². The van der Waals surface area contributed by atoms with Gasteiger partial charge in [-0.3, -0.25) is 4.79 Å². The zero-order chi connectivity index (χ0) is 16.1. The molecule has 0 spiro atoms. The maximum Gasteiger partial charge on any atom is 0.283 e. The number of hydrogen-bond acceptors (Lipinski definition) is 2. The highest BCUT2D eigenvalue weighted by Gasteiger charge is 2.10. The van der Waals surface area contributed by atoms with Gasteiger partial charge in [-0.2, -0.15) is 0 Å². The molecule has 2 rings (SSSR count). The molecule has 0 aromatic heterocycles. The Kier molecular flexibility index (Phi) is 6.43. The number of amides is 1. The molecule has 2 aromatic carbocycles. The third kappa shape index (κ3) is 5.08. The van der Waals surface area contributed by atoms with E-state index in [0.29, 0.717) is 22.3 Å². The van der Waals surface area contributed by atoms with Crippen molar-refractivity contribution in [3.05, 3.63) is 61.6 Å². The Bertz CT molecular complexity index is 707. The monoisotopic (exact) mass is 464 g/mol. The van der Waals surface area contributed by atoms with E-state index in [1.807, 2.05) is 24.3 Å². The molecule has 3 nitrogen and oxygen atoms in total. The zero-order valence-corrected chi connectivity index (χ0v) is 15.7. The summed E-state index contributed by atoms with van der Waals surface area (Å²) in [6.45, 7) is 0.332. The Morgan fingerprint density at radius 2 is 1.82 bits per heavy atom. The van der Waals surface area contributed by atoms with Gasteiger partial charge in [0, 0.05) is 25.8 Å². The van der Waals surface area contributed by atoms with Crippen molar-refractivity contribution in [3.63, 3.8) is 0 Å². The predicted octanol–water partition coefficient (Wildman–Crippen LogP) is 4.65. The first-order valence-corrected chi connectivity index (χ1v) is 8.48. The maximum atomic E-state index is 12.0. The summed E-state index contributed by atoms with van der Waals surface area (Å²) in [5.41, 5.74) is 1.47. The van der Waals surface area contributed by atoms with Crippen molar-refractivity contribution in [1.82, 2.24) is 5.32 Å². The summed E-state index contributed by atoms with van der Waals surface area (Å²) in [5.74, 6) is -0.366. The van der Waals surface area contributed by atoms with Crippen molar-refractivity contribution < 1.29 is 4.79 Å². The van der Waals surface area contributed by atoms with Gasteiger partial charge in [0.2, 0.25) is 0 Å². The van der Waals surface area contributed by atoms with E-state index < -0.39 is 0 Å². The Morgan fingerprint density at radius 3 is 2.50 bits per heavy atom. The molecular weight excluding hydrogens is 454 g/mol. The van der Waals surface area contributed by atoms with Crippen molar-refractivity contribution in [2.45, 2.75) is 6.54 Å². The highest BCUT2D eigenvalue weighted by Crippen LogP contribution is 2.20. The van der Waals surface area contributed by atoms with Crippen LogP contribution in [-0.2, 0) is 11.3 Å². The third-order valence-electron chi connectivity index (χ3n) is 2.76. The van der Waals surface area contributed by atoms with Gasteiger partial charge in [-0.1, -0.05) is 35.4 Å². The van der Waals surface area contributed by atoms with Crippen molar-refractivity contribution in [3.8, 4) is 0 Å². The van der Waals surface area contributed by atoms with Crippen LogP contribution >= 0.6 is 58.0 Å². The van der Waals surface area contributed by atoms with E-state index in [2.05, 4.69) is 33.2 Å². The van der Waals surface area contributed by atoms with Crippen molar-refractivity contribution >= 4 is 74.6 Å². The van der Waals surface area contributed by atoms with Crippen molar-refractivity contribution in [1.29, 1.82) is 0 Å². The van der Waals surface area contributed by atoms with E-state index >= 15 is 0 Å². The van der Waals surface area contributed by atoms with Gasteiger partial charge >= 0.3 is 0 Å². The lowest BCUT2D eigenvalue weighted by molar-refractivity contribution is -0.110. The number of halogens is 3. The molecule has 22 heavy (non-hydrogen) atoms. The average molecular weight is 465 g/mol. The van der Waals surface area contributed by atoms with Crippen LogP contribution in [0.3, 0.4) is 0 Å². The number of nitrogens with one attached hydrogen (secondary N) is 2. The van der Waals surface area contributed by atoms with Crippen LogP contribution < -0.4 is 10.6 Å². The molecule has 0 radical (unpaired) electrons. The van der Waals surface area contributed by atoms with Gasteiger partial charge in [-0.25, -0.2) is 0 Å². The van der Waals surface area contributed by atoms with E-state index in [4.69, 9.17) is 35.4 Å². The number of benzene rings is 2. The van der Waals surface area contributed by atoms with Crippen LogP contribution in [0.4, 0.5) is 5.69 Å². The minimum atomic E-state index is -0.366. The SMILES string of the molecule is O=C(Nc1ccc(I)cc1)C(=S)NCc1cc(Cl)ccc1Cl. The minimum absolute atomic E-state index is 0.0922. The molecule has 0 fully saturated rings. The molecule has 0 aliphatic carbocycles. The molecule has 1 amide bonds. The van der Waals surface area contributed by atoms with Crippen LogP contribution in [0, 0.1) is 3.57 Å². The topological polar surface area (TPSA) is 41.1 Å². The maximum absolute atomic E-state index is 12.0. The summed E-state index contributed by atoms with van der Waals surface area (Å²) in [5, 5.41) is 6.75. The molecule has 0 aliphatic rings. The Morgan fingerprint density at radius 1 is 1.14 bits per heavy atom. The van der Waals surface area contributed by atoms with Crippen LogP contribution in [0.1, 0.15) is 5.56 Å². The average Bonchev–Trinajstić information content (AvgIpc) is 2.50. The van der Waals surface area contributed by atoms with E-state index in [-0.39, 0.29) is 10.9 Å². The summed E-state index contributed by atoms with van der Waals surface area (Å²) >= 11 is 19.2. The van der Waals surface area contributed by atoms with E-state index in [0.717, 1.165) is 9.13 Å². The number of carbonyl (C=O) groups is 1. The van der Waals surface area contributed by atoms with Gasteiger partial charge in [0.05, 0.1) is 0 Å². The molecule has 0 heterocycles.